The molecule has 16 heavy (non-hydrogen) atoms. The van der Waals surface area contributed by atoms with Crippen molar-refractivity contribution in [2.75, 3.05) is 20.6 Å². The van der Waals surface area contributed by atoms with E-state index >= 15 is 0 Å². The molecule has 1 aliphatic carbocycles. The highest BCUT2D eigenvalue weighted by molar-refractivity contribution is 4.98. The van der Waals surface area contributed by atoms with Crippen LogP contribution in [0.1, 0.15) is 25.1 Å². The Bertz CT molecular complexity index is 340. The van der Waals surface area contributed by atoms with Crippen LogP contribution in [0.3, 0.4) is 0 Å². The molecule has 1 fully saturated rings. The van der Waals surface area contributed by atoms with E-state index in [0.717, 1.165) is 18.9 Å². The molecular formula is C11H21N5. The van der Waals surface area contributed by atoms with Crippen LogP contribution in [0.2, 0.25) is 0 Å². The van der Waals surface area contributed by atoms with Gasteiger partial charge in [0, 0.05) is 19.1 Å². The summed E-state index contributed by atoms with van der Waals surface area (Å²) in [5, 5.41) is 7.54. The average Bonchev–Trinajstić information content (AvgIpc) is 2.55. The Kier molecular flexibility index (Phi) is 3.25. The minimum atomic E-state index is 0.374. The van der Waals surface area contributed by atoms with Crippen molar-refractivity contribution in [3.63, 3.8) is 0 Å². The lowest BCUT2D eigenvalue weighted by atomic mass is 9.75. The molecule has 0 atom stereocenters. The first-order valence-electron chi connectivity index (χ1n) is 5.85. The second-order valence-corrected chi connectivity index (χ2v) is 4.88. The summed E-state index contributed by atoms with van der Waals surface area (Å²) in [4.78, 5) is 6.55. The molecule has 1 aromatic rings. The van der Waals surface area contributed by atoms with Gasteiger partial charge in [-0.25, -0.2) is 4.98 Å². The second-order valence-electron chi connectivity index (χ2n) is 4.88. The van der Waals surface area contributed by atoms with Gasteiger partial charge in [0.25, 0.3) is 0 Å². The number of likely N-dealkylation sites (N-methyl/N-ethyl adjacent to an activating group) is 1. The zero-order valence-electron chi connectivity index (χ0n) is 10.4. The maximum absolute atomic E-state index is 4.20. The number of nitrogens with zero attached hydrogens (tertiary/aromatic N) is 4. The lowest BCUT2D eigenvalue weighted by Crippen LogP contribution is -2.56. The van der Waals surface area contributed by atoms with Gasteiger partial charge < -0.3 is 10.2 Å². The third kappa shape index (κ3) is 2.10. The van der Waals surface area contributed by atoms with E-state index in [1.165, 1.54) is 19.3 Å². The Morgan fingerprint density at radius 1 is 1.50 bits per heavy atom. The van der Waals surface area contributed by atoms with Gasteiger partial charge in [-0.2, -0.15) is 5.10 Å². The van der Waals surface area contributed by atoms with Gasteiger partial charge in [-0.15, -0.1) is 0 Å². The van der Waals surface area contributed by atoms with Crippen LogP contribution in [0.15, 0.2) is 6.33 Å². The molecule has 0 aromatic carbocycles. The van der Waals surface area contributed by atoms with Crippen LogP contribution in [0.25, 0.3) is 0 Å². The molecule has 0 saturated heterocycles. The number of hydrogen-bond acceptors (Lipinski definition) is 4. The average molecular weight is 223 g/mol. The number of hydrogen-bond donors (Lipinski definition) is 1. The first-order chi connectivity index (χ1) is 7.64. The molecule has 0 radical (unpaired) electrons. The number of rotatable bonds is 5. The van der Waals surface area contributed by atoms with E-state index < -0.39 is 0 Å². The quantitative estimate of drug-likeness (QED) is 0.784. The molecule has 5 heteroatoms. The molecule has 1 aromatic heterocycles. The van der Waals surface area contributed by atoms with Gasteiger partial charge in [0.15, 0.2) is 0 Å². The van der Waals surface area contributed by atoms with Crippen LogP contribution in [0.5, 0.6) is 0 Å². The van der Waals surface area contributed by atoms with Crippen molar-refractivity contribution in [3.8, 4) is 0 Å². The van der Waals surface area contributed by atoms with Crippen LogP contribution < -0.4 is 5.32 Å². The normalized spacial score (nSPS) is 18.8. The van der Waals surface area contributed by atoms with Crippen molar-refractivity contribution < 1.29 is 0 Å². The molecule has 1 aliphatic rings. The standard InChI is InChI=1S/C11H21N5/c1-15(2)11(5-4-6-11)8-12-7-10-13-9-14-16(10)3/h9,12H,4-8H2,1-3H3. The van der Waals surface area contributed by atoms with E-state index in [0.29, 0.717) is 5.54 Å². The Morgan fingerprint density at radius 3 is 2.69 bits per heavy atom. The van der Waals surface area contributed by atoms with E-state index in [1.807, 2.05) is 11.7 Å². The van der Waals surface area contributed by atoms with Gasteiger partial charge in [0.2, 0.25) is 0 Å². The fraction of sp³-hybridized carbons (Fsp3) is 0.818. The van der Waals surface area contributed by atoms with Crippen molar-refractivity contribution in [1.29, 1.82) is 0 Å². The van der Waals surface area contributed by atoms with Gasteiger partial charge in [-0.3, -0.25) is 4.68 Å². The van der Waals surface area contributed by atoms with Gasteiger partial charge in [-0.05, 0) is 33.4 Å². The number of nitrogens with one attached hydrogen (secondary N) is 1. The van der Waals surface area contributed by atoms with Crippen LogP contribution in [-0.4, -0.2) is 45.8 Å². The van der Waals surface area contributed by atoms with Gasteiger partial charge in [0.1, 0.15) is 12.2 Å². The summed E-state index contributed by atoms with van der Waals surface area (Å²) in [6.07, 6.45) is 5.55. The Hall–Kier alpha value is -0.940. The molecular weight excluding hydrogens is 202 g/mol. The Balaban J connectivity index is 1.82. The Labute approximate surface area is 96.8 Å². The minimum Gasteiger partial charge on any atom is -0.308 e. The third-order valence-electron chi connectivity index (χ3n) is 3.78. The molecule has 1 heterocycles. The number of aryl methyl sites for hydroxylation is 1. The molecule has 0 unspecified atom stereocenters. The van der Waals surface area contributed by atoms with Crippen LogP contribution in [-0.2, 0) is 13.6 Å². The molecule has 0 amide bonds. The molecule has 0 spiro atoms. The van der Waals surface area contributed by atoms with Gasteiger partial charge >= 0.3 is 0 Å². The fourth-order valence-corrected chi connectivity index (χ4v) is 2.25. The zero-order chi connectivity index (χ0) is 11.6. The summed E-state index contributed by atoms with van der Waals surface area (Å²) in [6, 6.07) is 0. The van der Waals surface area contributed by atoms with Crippen molar-refractivity contribution in [1.82, 2.24) is 25.0 Å². The zero-order valence-corrected chi connectivity index (χ0v) is 10.4. The molecule has 1 saturated carbocycles. The minimum absolute atomic E-state index is 0.374. The van der Waals surface area contributed by atoms with Crippen molar-refractivity contribution >= 4 is 0 Å². The first-order valence-corrected chi connectivity index (χ1v) is 5.85. The van der Waals surface area contributed by atoms with Crippen molar-refractivity contribution in [3.05, 3.63) is 12.2 Å². The highest BCUT2D eigenvalue weighted by atomic mass is 15.3. The molecule has 90 valence electrons. The monoisotopic (exact) mass is 223 g/mol. The highest BCUT2D eigenvalue weighted by Gasteiger charge is 2.38. The fourth-order valence-electron chi connectivity index (χ4n) is 2.25. The molecule has 0 bridgehead atoms. The molecule has 1 N–H and O–H groups in total. The van der Waals surface area contributed by atoms with Crippen LogP contribution in [0.4, 0.5) is 0 Å². The molecule has 0 aliphatic heterocycles. The highest BCUT2D eigenvalue weighted by Crippen LogP contribution is 2.35. The predicted molar refractivity (Wildman–Crippen MR) is 63.0 cm³/mol. The summed E-state index contributed by atoms with van der Waals surface area (Å²) in [7, 11) is 6.27. The topological polar surface area (TPSA) is 46.0 Å². The largest absolute Gasteiger partial charge is 0.308 e. The lowest BCUT2D eigenvalue weighted by Gasteiger charge is -2.47. The van der Waals surface area contributed by atoms with Crippen LogP contribution in [0, 0.1) is 0 Å². The molecule has 5 nitrogen and oxygen atoms in total. The second kappa shape index (κ2) is 4.51. The van der Waals surface area contributed by atoms with E-state index in [1.54, 1.807) is 6.33 Å². The van der Waals surface area contributed by atoms with E-state index in [-0.39, 0.29) is 0 Å². The third-order valence-corrected chi connectivity index (χ3v) is 3.78. The Morgan fingerprint density at radius 2 is 2.25 bits per heavy atom. The summed E-state index contributed by atoms with van der Waals surface area (Å²) in [5.41, 5.74) is 0.374. The lowest BCUT2D eigenvalue weighted by molar-refractivity contribution is 0.0596. The first kappa shape index (κ1) is 11.5. The van der Waals surface area contributed by atoms with E-state index in [4.69, 9.17) is 0 Å². The van der Waals surface area contributed by atoms with Crippen molar-refractivity contribution in [2.24, 2.45) is 7.05 Å². The maximum atomic E-state index is 4.20. The summed E-state index contributed by atoms with van der Waals surface area (Å²) in [6.45, 7) is 1.83. The molecule has 2 rings (SSSR count). The summed E-state index contributed by atoms with van der Waals surface area (Å²) in [5.74, 6) is 0.994. The van der Waals surface area contributed by atoms with E-state index in [9.17, 15) is 0 Å². The van der Waals surface area contributed by atoms with Crippen molar-refractivity contribution in [2.45, 2.75) is 31.3 Å². The summed E-state index contributed by atoms with van der Waals surface area (Å²) >= 11 is 0. The predicted octanol–water partition coefficient (Wildman–Crippen LogP) is 0.389. The summed E-state index contributed by atoms with van der Waals surface area (Å²) < 4.78 is 1.82. The SMILES string of the molecule is CN(C)C1(CNCc2ncnn2C)CCC1. The number of aromatic nitrogens is 3. The van der Waals surface area contributed by atoms with E-state index in [2.05, 4.69) is 34.4 Å². The van der Waals surface area contributed by atoms with Gasteiger partial charge in [0.05, 0.1) is 6.54 Å². The maximum Gasteiger partial charge on any atom is 0.140 e. The van der Waals surface area contributed by atoms with Gasteiger partial charge in [-0.1, -0.05) is 0 Å². The smallest absolute Gasteiger partial charge is 0.140 e. The van der Waals surface area contributed by atoms with Crippen LogP contribution >= 0.6 is 0 Å².